The molecule has 0 N–H and O–H groups in total. The van der Waals surface area contributed by atoms with Gasteiger partial charge in [0, 0.05) is 91.4 Å². The van der Waals surface area contributed by atoms with Crippen LogP contribution in [0.25, 0.3) is 11.1 Å². The van der Waals surface area contributed by atoms with Gasteiger partial charge in [-0.1, -0.05) is 23.6 Å². The Bertz CT molecular complexity index is 1630. The van der Waals surface area contributed by atoms with Gasteiger partial charge >= 0.3 is 0 Å². The van der Waals surface area contributed by atoms with Crippen LogP contribution >= 0.6 is 0 Å². The van der Waals surface area contributed by atoms with Gasteiger partial charge in [0.15, 0.2) is 0 Å². The first-order valence-corrected chi connectivity index (χ1v) is 12.7. The van der Waals surface area contributed by atoms with E-state index in [4.69, 9.17) is 22.3 Å². The largest absolute Gasteiger partial charge is 0.669 e. The third-order valence-corrected chi connectivity index (χ3v) is 5.47. The van der Waals surface area contributed by atoms with E-state index in [1.165, 1.54) is 0 Å². The minimum Gasteiger partial charge on any atom is -0.669 e. The molecule has 0 aliphatic carbocycles. The second kappa shape index (κ2) is 18.8. The first-order chi connectivity index (χ1) is 20.6. The van der Waals surface area contributed by atoms with Gasteiger partial charge in [-0.2, -0.15) is 11.1 Å². The van der Waals surface area contributed by atoms with E-state index in [9.17, 15) is 0 Å². The number of hydrogen-bond donors (Lipinski definition) is 0. The summed E-state index contributed by atoms with van der Waals surface area (Å²) >= 11 is 0. The molecule has 0 aliphatic heterocycles. The normalized spacial score (nSPS) is 9.18. The summed E-state index contributed by atoms with van der Waals surface area (Å²) in [5.74, 6) is 2.19. The summed E-state index contributed by atoms with van der Waals surface area (Å²) in [6.45, 7) is 3.88. The summed E-state index contributed by atoms with van der Waals surface area (Å²) in [6, 6.07) is 39.3. The summed E-state index contributed by atoms with van der Waals surface area (Å²) in [7, 11) is 0. The van der Waals surface area contributed by atoms with Crippen molar-refractivity contribution in [3.05, 3.63) is 158 Å². The molecule has 6 nitrogen and oxygen atoms in total. The maximum atomic E-state index is 6.57. The minimum absolute atomic E-state index is 0. The summed E-state index contributed by atoms with van der Waals surface area (Å²) in [4.78, 5) is 8.39. The first-order valence-electron chi connectivity index (χ1n) is 12.7. The Kier molecular flexibility index (Phi) is 15.2. The van der Waals surface area contributed by atoms with Crippen molar-refractivity contribution in [3.63, 3.8) is 0 Å². The smallest absolute Gasteiger partial charge is 0.215 e. The van der Waals surface area contributed by atoms with Crippen LogP contribution in [-0.2, 0) is 42.1 Å². The summed E-state index contributed by atoms with van der Waals surface area (Å²) in [6.07, 6.45) is 23.5. The Morgan fingerprint density at radius 2 is 1.00 bits per heavy atom. The number of nitrogens with zero attached hydrogens (tertiary/aromatic N) is 4. The predicted molar refractivity (Wildman–Crippen MR) is 159 cm³/mol. The van der Waals surface area contributed by atoms with E-state index in [1.54, 1.807) is 58.4 Å². The molecule has 4 heterocycles. The number of aryl methyl sites for hydroxylation is 2. The summed E-state index contributed by atoms with van der Waals surface area (Å²) in [5, 5.41) is 0. The maximum Gasteiger partial charge on any atom is 0.215 e. The van der Waals surface area contributed by atoms with Gasteiger partial charge in [-0.3, -0.25) is 0 Å². The van der Waals surface area contributed by atoms with E-state index in [0.29, 0.717) is 34.4 Å². The van der Waals surface area contributed by atoms with Crippen LogP contribution in [0.2, 0.25) is 0 Å². The van der Waals surface area contributed by atoms with Crippen molar-refractivity contribution in [2.75, 3.05) is 0 Å². The van der Waals surface area contributed by atoms with Crippen molar-refractivity contribution < 1.29 is 51.6 Å². The Morgan fingerprint density at radius 1 is 0.614 bits per heavy atom. The van der Waals surface area contributed by atoms with Gasteiger partial charge in [0.25, 0.3) is 0 Å². The molecule has 6 aromatic rings. The van der Waals surface area contributed by atoms with Crippen molar-refractivity contribution in [2.24, 2.45) is 0 Å². The first kappa shape index (κ1) is 35.6. The zero-order valence-electron chi connectivity index (χ0n) is 23.6. The van der Waals surface area contributed by atoms with E-state index < -0.39 is 0 Å². The average molecular weight is 935 g/mol. The molecule has 0 saturated carbocycles. The van der Waals surface area contributed by atoms with Crippen molar-refractivity contribution in [1.29, 1.82) is 0 Å². The fraction of sp³-hybridized carbons (Fsp3) is 0.0556. The van der Waals surface area contributed by atoms with Gasteiger partial charge in [-0.15, -0.1) is 13.8 Å². The van der Waals surface area contributed by atoms with Crippen molar-refractivity contribution in [3.8, 4) is 46.5 Å². The molecule has 0 bridgehead atoms. The zero-order valence-corrected chi connectivity index (χ0v) is 28.2. The summed E-state index contributed by atoms with van der Waals surface area (Å²) in [5.41, 5.74) is 3.18. The van der Waals surface area contributed by atoms with Crippen LogP contribution in [0, 0.1) is 63.0 Å². The molecule has 0 amide bonds. The van der Waals surface area contributed by atoms with Crippen molar-refractivity contribution in [1.82, 2.24) is 19.1 Å². The molecule has 0 spiro atoms. The molecule has 0 unspecified atom stereocenters. The van der Waals surface area contributed by atoms with Gasteiger partial charge < -0.3 is 66.8 Å². The molecule has 0 saturated heterocycles. The van der Waals surface area contributed by atoms with E-state index >= 15 is 0 Å². The zero-order chi connectivity index (χ0) is 29.6. The Hall–Kier alpha value is -4.60. The molecule has 44 heavy (non-hydrogen) atoms. The molecular formula is C36H24N4O2Pt2-6. The third-order valence-electron chi connectivity index (χ3n) is 5.47. The number of pyridine rings is 2. The van der Waals surface area contributed by atoms with E-state index in [1.807, 2.05) is 74.5 Å². The van der Waals surface area contributed by atoms with Crippen LogP contribution in [0.5, 0.6) is 23.3 Å². The molecule has 0 fully saturated rings. The van der Waals surface area contributed by atoms with Crippen LogP contribution in [0.15, 0.2) is 110 Å². The number of rotatable bonds is 5. The molecule has 6 rings (SSSR count). The SMILES string of the molecule is Cc1c[c-]c(-c2[c-]cc(C)c(Oc3ccccn3)[c-]2)[c-]c1Oc1ccccn1.[C-]#Cn1cccc1.[C-]#Cn1cccc1.[Pt].[Pt]. The van der Waals surface area contributed by atoms with Crippen LogP contribution in [0.3, 0.4) is 0 Å². The van der Waals surface area contributed by atoms with Crippen LogP contribution in [-0.4, -0.2) is 19.1 Å². The molecule has 4 aromatic heterocycles. The van der Waals surface area contributed by atoms with E-state index in [0.717, 1.165) is 11.1 Å². The molecule has 8 heteroatoms. The molecule has 226 valence electrons. The fourth-order valence-corrected chi connectivity index (χ4v) is 3.31. The number of ether oxygens (including phenoxy) is 2. The standard InChI is InChI=1S/C24H16N2O2.2C6H4N.2Pt/c1-17-9-11-19(15-21(17)27-23-7-3-5-13-25-23)20-12-10-18(2)22(16-20)28-24-8-4-6-14-26-24;2*1-2-7-5-3-4-6-7;;/h3-10,13-14H,1-2H3;2*3-6H;;/q-4;2*-1;;. The average Bonchev–Trinajstić information content (AvgIpc) is 3.76. The van der Waals surface area contributed by atoms with Crippen molar-refractivity contribution in [2.45, 2.75) is 13.8 Å². The Labute approximate surface area is 287 Å². The van der Waals surface area contributed by atoms with E-state index in [2.05, 4.69) is 46.3 Å². The number of hydrogen-bond acceptors (Lipinski definition) is 4. The fourth-order valence-electron chi connectivity index (χ4n) is 3.31. The van der Waals surface area contributed by atoms with Crippen molar-refractivity contribution >= 4 is 0 Å². The second-order valence-corrected chi connectivity index (χ2v) is 8.55. The number of aromatic nitrogens is 4. The van der Waals surface area contributed by atoms with Crippen LogP contribution in [0.1, 0.15) is 11.1 Å². The Balaban J connectivity index is 0.000000347. The molecular weight excluding hydrogens is 911 g/mol. The molecule has 2 aromatic carbocycles. The molecule has 0 radical (unpaired) electrons. The van der Waals surface area contributed by atoms with Crippen LogP contribution < -0.4 is 9.47 Å². The van der Waals surface area contributed by atoms with Gasteiger partial charge in [0.2, 0.25) is 11.8 Å². The topological polar surface area (TPSA) is 54.1 Å². The second-order valence-electron chi connectivity index (χ2n) is 8.55. The van der Waals surface area contributed by atoms with Gasteiger partial charge in [-0.05, 0) is 36.4 Å². The molecule has 0 atom stereocenters. The Morgan fingerprint density at radius 3 is 1.30 bits per heavy atom. The van der Waals surface area contributed by atoms with Crippen LogP contribution in [0.4, 0.5) is 0 Å². The maximum absolute atomic E-state index is 6.57. The quantitative estimate of drug-likeness (QED) is 0.135. The number of benzene rings is 2. The van der Waals surface area contributed by atoms with E-state index in [-0.39, 0.29) is 42.1 Å². The summed E-state index contributed by atoms with van der Waals surface area (Å²) < 4.78 is 14.8. The van der Waals surface area contributed by atoms with Gasteiger partial charge in [0.05, 0.1) is 0 Å². The van der Waals surface area contributed by atoms with Gasteiger partial charge in [0.1, 0.15) is 0 Å². The predicted octanol–water partition coefficient (Wildman–Crippen LogP) is 7.31. The minimum atomic E-state index is 0. The van der Waals surface area contributed by atoms with Gasteiger partial charge in [-0.25, -0.2) is 34.2 Å². The monoisotopic (exact) mass is 934 g/mol. The third kappa shape index (κ3) is 10.9. The molecule has 0 aliphatic rings.